The van der Waals surface area contributed by atoms with E-state index in [-0.39, 0.29) is 17.3 Å². The summed E-state index contributed by atoms with van der Waals surface area (Å²) in [6.45, 7) is 5.01. The molecule has 2 aromatic carbocycles. The molecule has 0 heterocycles. The fourth-order valence-corrected chi connectivity index (χ4v) is 3.03. The highest BCUT2D eigenvalue weighted by molar-refractivity contribution is 6.31. The van der Waals surface area contributed by atoms with Crippen LogP contribution in [0.25, 0.3) is 0 Å². The molecule has 0 aliphatic carbocycles. The summed E-state index contributed by atoms with van der Waals surface area (Å²) in [5, 5.41) is 3.08. The number of ether oxygens (including phenoxy) is 3. The first kappa shape index (κ1) is 24.2. The van der Waals surface area contributed by atoms with Crippen LogP contribution in [0, 0.1) is 5.92 Å². The van der Waals surface area contributed by atoms with Crippen molar-refractivity contribution in [2.45, 2.75) is 32.9 Å². The molecule has 0 saturated carbocycles. The molecule has 0 aliphatic rings. The summed E-state index contributed by atoms with van der Waals surface area (Å²) in [6.07, 6.45) is -1.04. The van der Waals surface area contributed by atoms with Gasteiger partial charge < -0.3 is 19.5 Å². The van der Waals surface area contributed by atoms with Gasteiger partial charge in [0.2, 0.25) is 5.78 Å². The fourth-order valence-electron chi connectivity index (χ4n) is 2.84. The summed E-state index contributed by atoms with van der Waals surface area (Å²) >= 11 is 5.92. The zero-order chi connectivity index (χ0) is 23.1. The maximum Gasteiger partial charge on any atom is 0.329 e. The second-order valence-corrected chi connectivity index (χ2v) is 7.69. The lowest BCUT2D eigenvalue weighted by atomic mass is 10.0. The number of nitrogens with one attached hydrogen (secondary N) is 1. The van der Waals surface area contributed by atoms with Crippen molar-refractivity contribution in [1.82, 2.24) is 5.32 Å². The van der Waals surface area contributed by atoms with Crippen LogP contribution in [-0.2, 0) is 9.53 Å². The van der Waals surface area contributed by atoms with Gasteiger partial charge in [-0.25, -0.2) is 4.79 Å². The Kier molecular flexibility index (Phi) is 8.45. The minimum absolute atomic E-state index is 0.262. The summed E-state index contributed by atoms with van der Waals surface area (Å²) in [5.41, 5.74) is 0.596. The van der Waals surface area contributed by atoms with Crippen molar-refractivity contribution in [2.24, 2.45) is 5.92 Å². The average Bonchev–Trinajstić information content (AvgIpc) is 2.75. The lowest BCUT2D eigenvalue weighted by Crippen LogP contribution is -2.46. The van der Waals surface area contributed by atoms with Crippen molar-refractivity contribution in [3.05, 3.63) is 58.6 Å². The van der Waals surface area contributed by atoms with Gasteiger partial charge in [-0.05, 0) is 37.1 Å². The van der Waals surface area contributed by atoms with Crippen LogP contribution < -0.4 is 14.8 Å². The van der Waals surface area contributed by atoms with E-state index in [0.717, 1.165) is 0 Å². The van der Waals surface area contributed by atoms with Crippen LogP contribution in [-0.4, -0.2) is 44.0 Å². The average molecular weight is 448 g/mol. The number of amides is 1. The van der Waals surface area contributed by atoms with Crippen LogP contribution in [0.15, 0.2) is 42.5 Å². The normalized spacial score (nSPS) is 12.6. The molecule has 2 rings (SSSR count). The summed E-state index contributed by atoms with van der Waals surface area (Å²) in [5.74, 6) is -0.995. The molecule has 8 heteroatoms. The van der Waals surface area contributed by atoms with Gasteiger partial charge in [-0.15, -0.1) is 0 Å². The second-order valence-electron chi connectivity index (χ2n) is 7.25. The molecule has 1 N–H and O–H groups in total. The standard InChI is InChI=1S/C23H26ClNO6/c1-13(2)20(25-22(27)16-10-18(29-4)12-19(11-16)30-5)23(28)31-14(3)21(26)15-7-6-8-17(24)9-15/h6-14,20H,1-5H3,(H,25,27)/t14?,20-/m0/s1. The van der Waals surface area contributed by atoms with Crippen LogP contribution in [0.2, 0.25) is 5.02 Å². The Morgan fingerprint density at radius 1 is 0.903 bits per heavy atom. The molecule has 0 aromatic heterocycles. The summed E-state index contributed by atoms with van der Waals surface area (Å²) in [6, 6.07) is 10.1. The summed E-state index contributed by atoms with van der Waals surface area (Å²) in [4.78, 5) is 38.1. The van der Waals surface area contributed by atoms with Gasteiger partial charge in [0.25, 0.3) is 5.91 Å². The highest BCUT2D eigenvalue weighted by Gasteiger charge is 2.30. The van der Waals surface area contributed by atoms with Crippen LogP contribution in [0.3, 0.4) is 0 Å². The first-order valence-electron chi connectivity index (χ1n) is 9.70. The van der Waals surface area contributed by atoms with Crippen LogP contribution in [0.4, 0.5) is 0 Å². The Morgan fingerprint density at radius 2 is 1.52 bits per heavy atom. The molecule has 0 fully saturated rings. The fraction of sp³-hybridized carbons (Fsp3) is 0.348. The monoisotopic (exact) mass is 447 g/mol. The Bertz CT molecular complexity index is 937. The molecular weight excluding hydrogens is 422 g/mol. The number of carbonyl (C=O) groups is 3. The van der Waals surface area contributed by atoms with Crippen molar-refractivity contribution in [3.63, 3.8) is 0 Å². The maximum absolute atomic E-state index is 12.8. The number of esters is 1. The third-order valence-corrected chi connectivity index (χ3v) is 4.83. The third-order valence-electron chi connectivity index (χ3n) is 4.59. The number of ketones is 1. The summed E-state index contributed by atoms with van der Waals surface area (Å²) in [7, 11) is 2.95. The van der Waals surface area contributed by atoms with E-state index in [1.54, 1.807) is 38.1 Å². The molecule has 0 spiro atoms. The lowest BCUT2D eigenvalue weighted by molar-refractivity contribution is -0.149. The Balaban J connectivity index is 2.13. The zero-order valence-electron chi connectivity index (χ0n) is 18.1. The summed E-state index contributed by atoms with van der Waals surface area (Å²) < 4.78 is 15.7. The maximum atomic E-state index is 12.8. The largest absolute Gasteiger partial charge is 0.497 e. The number of rotatable bonds is 9. The Labute approximate surface area is 186 Å². The van der Waals surface area contributed by atoms with Gasteiger partial charge in [-0.2, -0.15) is 0 Å². The molecule has 1 unspecified atom stereocenters. The van der Waals surface area contributed by atoms with Crippen molar-refractivity contribution in [2.75, 3.05) is 14.2 Å². The van der Waals surface area contributed by atoms with Gasteiger partial charge >= 0.3 is 5.97 Å². The molecule has 2 atom stereocenters. The van der Waals surface area contributed by atoms with Crippen LogP contribution in [0.5, 0.6) is 11.5 Å². The molecular formula is C23H26ClNO6. The highest BCUT2D eigenvalue weighted by atomic mass is 35.5. The smallest absolute Gasteiger partial charge is 0.329 e. The molecule has 2 aromatic rings. The van der Waals surface area contributed by atoms with E-state index in [9.17, 15) is 14.4 Å². The van der Waals surface area contributed by atoms with Gasteiger partial charge in [0.15, 0.2) is 6.10 Å². The zero-order valence-corrected chi connectivity index (χ0v) is 18.9. The van der Waals surface area contributed by atoms with Gasteiger partial charge in [-0.3, -0.25) is 9.59 Å². The highest BCUT2D eigenvalue weighted by Crippen LogP contribution is 2.23. The molecule has 31 heavy (non-hydrogen) atoms. The van der Waals surface area contributed by atoms with Crippen LogP contribution in [0.1, 0.15) is 41.5 Å². The topological polar surface area (TPSA) is 90.9 Å². The van der Waals surface area contributed by atoms with Gasteiger partial charge in [0.1, 0.15) is 17.5 Å². The van der Waals surface area contributed by atoms with Gasteiger partial charge in [0, 0.05) is 22.2 Å². The van der Waals surface area contributed by atoms with Gasteiger partial charge in [0.05, 0.1) is 14.2 Å². The molecule has 0 radical (unpaired) electrons. The molecule has 0 bridgehead atoms. The van der Waals surface area contributed by atoms with Gasteiger partial charge in [-0.1, -0.05) is 37.6 Å². The van der Waals surface area contributed by atoms with E-state index in [1.807, 2.05) is 0 Å². The van der Waals surface area contributed by atoms with E-state index in [4.69, 9.17) is 25.8 Å². The SMILES string of the molecule is COc1cc(OC)cc(C(=O)N[C@H](C(=O)OC(C)C(=O)c2cccc(Cl)c2)C(C)C)c1. The molecule has 0 saturated heterocycles. The molecule has 166 valence electrons. The quantitative estimate of drug-likeness (QED) is 0.462. The van der Waals surface area contributed by atoms with E-state index in [2.05, 4.69) is 5.32 Å². The number of hydrogen-bond donors (Lipinski definition) is 1. The minimum Gasteiger partial charge on any atom is -0.497 e. The lowest BCUT2D eigenvalue weighted by Gasteiger charge is -2.23. The first-order valence-corrected chi connectivity index (χ1v) is 10.1. The Morgan fingerprint density at radius 3 is 2.03 bits per heavy atom. The van der Waals surface area contributed by atoms with Crippen molar-refractivity contribution < 1.29 is 28.6 Å². The van der Waals surface area contributed by atoms with E-state index < -0.39 is 24.0 Å². The minimum atomic E-state index is -1.04. The van der Waals surface area contributed by atoms with Crippen molar-refractivity contribution in [1.29, 1.82) is 0 Å². The molecule has 1 amide bonds. The van der Waals surface area contributed by atoms with Crippen molar-refractivity contribution >= 4 is 29.3 Å². The van der Waals surface area contributed by atoms with Crippen molar-refractivity contribution in [3.8, 4) is 11.5 Å². The number of benzene rings is 2. The second kappa shape index (κ2) is 10.8. The first-order chi connectivity index (χ1) is 14.7. The molecule has 0 aliphatic heterocycles. The Hall–Kier alpha value is -3.06. The number of carbonyl (C=O) groups excluding carboxylic acids is 3. The van der Waals surface area contributed by atoms with E-state index >= 15 is 0 Å². The number of Topliss-reactive ketones (excluding diaryl/α,β-unsaturated/α-hetero) is 1. The third kappa shape index (κ3) is 6.46. The van der Waals surface area contributed by atoms with E-state index in [0.29, 0.717) is 22.1 Å². The number of hydrogen-bond acceptors (Lipinski definition) is 6. The number of methoxy groups -OCH3 is 2. The number of halogens is 1. The van der Waals surface area contributed by atoms with Crippen LogP contribution >= 0.6 is 11.6 Å². The predicted molar refractivity (Wildman–Crippen MR) is 117 cm³/mol. The predicted octanol–water partition coefficient (Wildman–Crippen LogP) is 3.93. The molecule has 7 nitrogen and oxygen atoms in total. The van der Waals surface area contributed by atoms with E-state index in [1.165, 1.54) is 39.3 Å².